The lowest BCUT2D eigenvalue weighted by molar-refractivity contribution is -0.145. The first-order valence-corrected chi connectivity index (χ1v) is 13.3. The number of ether oxygens (including phenoxy) is 2. The summed E-state index contributed by atoms with van der Waals surface area (Å²) in [5, 5.41) is 7.24. The average Bonchev–Trinajstić information content (AvgIpc) is 3.40. The zero-order chi connectivity index (χ0) is 27.8. The summed E-state index contributed by atoms with van der Waals surface area (Å²) in [5.41, 5.74) is 2.60. The van der Waals surface area contributed by atoms with Crippen LogP contribution in [0.3, 0.4) is 0 Å². The van der Waals surface area contributed by atoms with Gasteiger partial charge in [0.1, 0.15) is 18.2 Å². The third kappa shape index (κ3) is 6.81. The minimum absolute atomic E-state index is 0.225. The second kappa shape index (κ2) is 13.0. The largest absolute Gasteiger partial charge is 0.466 e. The molecule has 0 radical (unpaired) electrons. The molecule has 0 spiro atoms. The highest BCUT2D eigenvalue weighted by molar-refractivity contribution is 5.84. The van der Waals surface area contributed by atoms with Crippen LogP contribution in [-0.4, -0.2) is 87.9 Å². The van der Waals surface area contributed by atoms with Crippen molar-refractivity contribution in [3.8, 4) is 0 Å². The topological polar surface area (TPSA) is 131 Å². The number of aromatic nitrogens is 4. The number of anilines is 1. The van der Waals surface area contributed by atoms with E-state index in [0.29, 0.717) is 51.4 Å². The maximum Gasteiger partial charge on any atom is 0.329 e. The third-order valence-corrected chi connectivity index (χ3v) is 6.61. The first-order chi connectivity index (χ1) is 18.9. The molecule has 2 amide bonds. The number of rotatable bonds is 10. The molecule has 1 aliphatic rings. The van der Waals surface area contributed by atoms with Gasteiger partial charge in [-0.05, 0) is 32.8 Å². The Morgan fingerprint density at radius 2 is 1.74 bits per heavy atom. The number of carbonyl (C=O) groups excluding carboxylic acids is 3. The van der Waals surface area contributed by atoms with Gasteiger partial charge in [0, 0.05) is 50.3 Å². The van der Waals surface area contributed by atoms with Crippen LogP contribution in [0.5, 0.6) is 0 Å². The van der Waals surface area contributed by atoms with E-state index in [1.54, 1.807) is 23.3 Å². The zero-order valence-electron chi connectivity index (χ0n) is 22.6. The average molecular weight is 538 g/mol. The summed E-state index contributed by atoms with van der Waals surface area (Å²) >= 11 is 0. The number of nitrogens with zero attached hydrogens (tertiary/aromatic N) is 6. The molecule has 39 heavy (non-hydrogen) atoms. The summed E-state index contributed by atoms with van der Waals surface area (Å²) in [6.07, 6.45) is 2.47. The molecule has 208 valence electrons. The van der Waals surface area contributed by atoms with Gasteiger partial charge in [0.25, 0.3) is 5.78 Å². The summed E-state index contributed by atoms with van der Waals surface area (Å²) in [6.45, 7) is 7.91. The van der Waals surface area contributed by atoms with Crippen molar-refractivity contribution >= 4 is 29.6 Å². The molecular weight excluding hydrogens is 502 g/mol. The number of fused-ring (bicyclic) bond motifs is 1. The molecule has 1 saturated heterocycles. The molecule has 3 aromatic rings. The van der Waals surface area contributed by atoms with E-state index in [1.807, 2.05) is 37.3 Å². The van der Waals surface area contributed by atoms with Crippen LogP contribution >= 0.6 is 0 Å². The Labute approximate surface area is 227 Å². The highest BCUT2D eigenvalue weighted by Gasteiger charge is 2.29. The molecule has 1 atom stereocenters. The van der Waals surface area contributed by atoms with Crippen molar-refractivity contribution < 1.29 is 23.9 Å². The summed E-state index contributed by atoms with van der Waals surface area (Å²) in [6, 6.07) is 8.42. The predicted molar refractivity (Wildman–Crippen MR) is 143 cm³/mol. The van der Waals surface area contributed by atoms with Gasteiger partial charge in [-0.1, -0.05) is 30.3 Å². The number of aryl methyl sites for hydroxylation is 1. The fourth-order valence-corrected chi connectivity index (χ4v) is 4.69. The molecular formula is C27H35N7O5. The van der Waals surface area contributed by atoms with E-state index in [2.05, 4.69) is 25.3 Å². The molecule has 12 heteroatoms. The Balaban J connectivity index is 1.46. The van der Waals surface area contributed by atoms with Crippen LogP contribution in [0.4, 0.5) is 10.6 Å². The maximum absolute atomic E-state index is 13.2. The summed E-state index contributed by atoms with van der Waals surface area (Å²) in [4.78, 5) is 50.5. The molecule has 0 aliphatic carbocycles. The fourth-order valence-electron chi connectivity index (χ4n) is 4.69. The molecule has 1 fully saturated rings. The van der Waals surface area contributed by atoms with E-state index >= 15 is 0 Å². The summed E-state index contributed by atoms with van der Waals surface area (Å²) < 4.78 is 12.0. The first kappa shape index (κ1) is 27.8. The maximum atomic E-state index is 13.2. The number of piperazine rings is 1. The lowest BCUT2D eigenvalue weighted by Crippen LogP contribution is -2.55. The van der Waals surface area contributed by atoms with Crippen molar-refractivity contribution in [1.82, 2.24) is 29.8 Å². The number of hydrogen-bond acceptors (Lipinski definition) is 9. The lowest BCUT2D eigenvalue weighted by atomic mass is 10.1. The van der Waals surface area contributed by atoms with Gasteiger partial charge in [-0.25, -0.2) is 14.6 Å². The molecule has 0 bridgehead atoms. The molecule has 0 saturated carbocycles. The third-order valence-electron chi connectivity index (χ3n) is 6.61. The molecule has 1 unspecified atom stereocenters. The SMILES string of the molecule is CCOC(=O)CCc1c(C)nc2ncnn2c1N1CCN(C(=O)NC(Cc2ccccc2)C(=O)OCC)CC1. The van der Waals surface area contributed by atoms with Crippen LogP contribution in [0.25, 0.3) is 5.78 Å². The van der Waals surface area contributed by atoms with Gasteiger partial charge in [0.2, 0.25) is 0 Å². The summed E-state index contributed by atoms with van der Waals surface area (Å²) in [7, 11) is 0. The van der Waals surface area contributed by atoms with Crippen molar-refractivity contribution in [3.63, 3.8) is 0 Å². The quantitative estimate of drug-likeness (QED) is 0.385. The van der Waals surface area contributed by atoms with Crippen LogP contribution < -0.4 is 10.2 Å². The van der Waals surface area contributed by atoms with Gasteiger partial charge < -0.3 is 24.6 Å². The van der Waals surface area contributed by atoms with E-state index in [1.165, 1.54) is 6.33 Å². The van der Waals surface area contributed by atoms with Crippen LogP contribution in [0.15, 0.2) is 36.7 Å². The van der Waals surface area contributed by atoms with Crippen LogP contribution in [0, 0.1) is 6.92 Å². The number of nitrogens with one attached hydrogen (secondary N) is 1. The van der Waals surface area contributed by atoms with E-state index in [9.17, 15) is 14.4 Å². The zero-order valence-corrected chi connectivity index (χ0v) is 22.6. The van der Waals surface area contributed by atoms with E-state index in [4.69, 9.17) is 9.47 Å². The highest BCUT2D eigenvalue weighted by atomic mass is 16.5. The minimum atomic E-state index is -0.787. The van der Waals surface area contributed by atoms with E-state index in [0.717, 1.165) is 22.6 Å². The molecule has 12 nitrogen and oxygen atoms in total. The summed E-state index contributed by atoms with van der Waals surface area (Å²) in [5.74, 6) is 0.559. The van der Waals surface area contributed by atoms with Gasteiger partial charge in [-0.3, -0.25) is 4.79 Å². The normalized spacial score (nSPS) is 14.2. The standard InChI is InChI=1S/C27H35N7O5/c1-4-38-23(35)12-11-21-19(3)30-26-28-18-29-34(26)24(21)32-13-15-33(16-14-32)27(37)31-22(25(36)39-5-2)17-20-9-7-6-8-10-20/h6-10,18,22H,4-5,11-17H2,1-3H3,(H,31,37). The Kier molecular flexibility index (Phi) is 9.29. The van der Waals surface area contributed by atoms with Gasteiger partial charge in [-0.2, -0.15) is 14.6 Å². The van der Waals surface area contributed by atoms with Crippen molar-refractivity contribution in [2.24, 2.45) is 0 Å². The van der Waals surface area contributed by atoms with Crippen molar-refractivity contribution in [2.75, 3.05) is 44.3 Å². The fraction of sp³-hybridized carbons (Fsp3) is 0.481. The second-order valence-corrected chi connectivity index (χ2v) is 9.19. The van der Waals surface area contributed by atoms with Crippen LogP contribution in [0.1, 0.15) is 37.1 Å². The Bertz CT molecular complexity index is 1290. The Hall–Kier alpha value is -4.22. The smallest absolute Gasteiger partial charge is 0.329 e. The molecule has 1 aromatic carbocycles. The van der Waals surface area contributed by atoms with Crippen LogP contribution in [-0.2, 0) is 31.9 Å². The van der Waals surface area contributed by atoms with E-state index < -0.39 is 12.0 Å². The molecule has 1 aliphatic heterocycles. The predicted octanol–water partition coefficient (Wildman–Crippen LogP) is 1.93. The molecule has 4 rings (SSSR count). The Morgan fingerprint density at radius 1 is 1.03 bits per heavy atom. The van der Waals surface area contributed by atoms with Gasteiger partial charge >= 0.3 is 18.0 Å². The van der Waals surface area contributed by atoms with Crippen molar-refractivity contribution in [1.29, 1.82) is 0 Å². The number of esters is 2. The first-order valence-electron chi connectivity index (χ1n) is 13.3. The minimum Gasteiger partial charge on any atom is -0.466 e. The van der Waals surface area contributed by atoms with Gasteiger partial charge in [0.15, 0.2) is 0 Å². The lowest BCUT2D eigenvalue weighted by Gasteiger charge is -2.37. The molecule has 1 N–H and O–H groups in total. The number of urea groups is 1. The van der Waals surface area contributed by atoms with Crippen LogP contribution in [0.2, 0.25) is 0 Å². The molecule has 2 aromatic heterocycles. The highest BCUT2D eigenvalue weighted by Crippen LogP contribution is 2.26. The van der Waals surface area contributed by atoms with Crippen molar-refractivity contribution in [2.45, 2.75) is 46.1 Å². The second-order valence-electron chi connectivity index (χ2n) is 9.19. The number of carbonyl (C=O) groups is 3. The van der Waals surface area contributed by atoms with Gasteiger partial charge in [-0.15, -0.1) is 0 Å². The van der Waals surface area contributed by atoms with E-state index in [-0.39, 0.29) is 25.0 Å². The Morgan fingerprint density at radius 3 is 2.44 bits per heavy atom. The van der Waals surface area contributed by atoms with Crippen molar-refractivity contribution in [3.05, 3.63) is 53.5 Å². The molecule has 3 heterocycles. The number of benzene rings is 1. The van der Waals surface area contributed by atoms with Gasteiger partial charge in [0.05, 0.1) is 13.2 Å². The monoisotopic (exact) mass is 537 g/mol. The number of hydrogen-bond donors (Lipinski definition) is 1. The number of amides is 2.